The van der Waals surface area contributed by atoms with Crippen LogP contribution >= 0.6 is 23.1 Å². The van der Waals surface area contributed by atoms with Crippen molar-refractivity contribution in [2.24, 2.45) is 0 Å². The fourth-order valence-corrected chi connectivity index (χ4v) is 2.63. The standard InChI is InChI=1S/C9H12N4OS2/c1-5-6(2)14-9(11-5)15-4-7-12-13-8(10-3)16-7/h4H2,1-3H3,(H,10,13). The van der Waals surface area contributed by atoms with E-state index in [-0.39, 0.29) is 0 Å². The first kappa shape index (κ1) is 11.4. The van der Waals surface area contributed by atoms with Crippen LogP contribution in [-0.4, -0.2) is 22.2 Å². The van der Waals surface area contributed by atoms with E-state index in [1.54, 1.807) is 0 Å². The van der Waals surface area contributed by atoms with E-state index in [2.05, 4.69) is 20.5 Å². The van der Waals surface area contributed by atoms with Crippen LogP contribution in [0.15, 0.2) is 9.64 Å². The van der Waals surface area contributed by atoms with E-state index in [1.165, 1.54) is 23.1 Å². The Labute approximate surface area is 102 Å². The average Bonchev–Trinajstić information content (AvgIpc) is 2.84. The van der Waals surface area contributed by atoms with Gasteiger partial charge in [-0.2, -0.15) is 0 Å². The molecule has 0 aliphatic carbocycles. The number of rotatable bonds is 4. The molecule has 0 saturated heterocycles. The highest BCUT2D eigenvalue weighted by Gasteiger charge is 2.08. The minimum Gasteiger partial charge on any atom is -0.437 e. The summed E-state index contributed by atoms with van der Waals surface area (Å²) in [7, 11) is 1.83. The molecule has 16 heavy (non-hydrogen) atoms. The highest BCUT2D eigenvalue weighted by Crippen LogP contribution is 2.26. The van der Waals surface area contributed by atoms with Crippen molar-refractivity contribution in [2.75, 3.05) is 12.4 Å². The number of nitrogens with zero attached hydrogens (tertiary/aromatic N) is 3. The lowest BCUT2D eigenvalue weighted by molar-refractivity contribution is 0.431. The maximum Gasteiger partial charge on any atom is 0.256 e. The van der Waals surface area contributed by atoms with Gasteiger partial charge in [0.2, 0.25) is 5.13 Å². The van der Waals surface area contributed by atoms with Gasteiger partial charge in [0.05, 0.1) is 11.4 Å². The fourth-order valence-electron chi connectivity index (χ4n) is 1.04. The van der Waals surface area contributed by atoms with E-state index >= 15 is 0 Å². The van der Waals surface area contributed by atoms with E-state index in [0.29, 0.717) is 5.22 Å². The molecule has 0 unspecified atom stereocenters. The quantitative estimate of drug-likeness (QED) is 0.848. The molecule has 2 aromatic heterocycles. The van der Waals surface area contributed by atoms with Gasteiger partial charge in [-0.3, -0.25) is 0 Å². The maximum absolute atomic E-state index is 5.46. The summed E-state index contributed by atoms with van der Waals surface area (Å²) in [5, 5.41) is 13.4. The molecule has 0 atom stereocenters. The molecule has 86 valence electrons. The predicted octanol–water partition coefficient (Wildman–Crippen LogP) is 2.48. The highest BCUT2D eigenvalue weighted by molar-refractivity contribution is 7.98. The second-order valence-corrected chi connectivity index (χ2v) is 5.15. The molecule has 0 aromatic carbocycles. The summed E-state index contributed by atoms with van der Waals surface area (Å²) >= 11 is 3.07. The zero-order valence-electron chi connectivity index (χ0n) is 9.27. The van der Waals surface area contributed by atoms with E-state index in [9.17, 15) is 0 Å². The van der Waals surface area contributed by atoms with Gasteiger partial charge >= 0.3 is 0 Å². The molecule has 7 heteroatoms. The van der Waals surface area contributed by atoms with Crippen molar-refractivity contribution >= 4 is 28.2 Å². The summed E-state index contributed by atoms with van der Waals surface area (Å²) in [6, 6.07) is 0. The van der Waals surface area contributed by atoms with Crippen LogP contribution < -0.4 is 5.32 Å². The van der Waals surface area contributed by atoms with Crippen LogP contribution in [0.1, 0.15) is 16.5 Å². The van der Waals surface area contributed by atoms with Crippen molar-refractivity contribution in [2.45, 2.75) is 24.8 Å². The minimum atomic E-state index is 0.691. The second-order valence-electron chi connectivity index (χ2n) is 3.16. The van der Waals surface area contributed by atoms with Gasteiger partial charge in [0.1, 0.15) is 10.8 Å². The first-order valence-electron chi connectivity index (χ1n) is 4.76. The van der Waals surface area contributed by atoms with Crippen molar-refractivity contribution < 1.29 is 4.42 Å². The SMILES string of the molecule is CNc1nnc(CSc2nc(C)c(C)o2)s1. The number of anilines is 1. The minimum absolute atomic E-state index is 0.691. The number of thioether (sulfide) groups is 1. The lowest BCUT2D eigenvalue weighted by atomic mass is 10.4. The van der Waals surface area contributed by atoms with Crippen LogP contribution in [0, 0.1) is 13.8 Å². The van der Waals surface area contributed by atoms with E-state index in [0.717, 1.165) is 27.3 Å². The number of hydrogen-bond acceptors (Lipinski definition) is 7. The first-order chi connectivity index (χ1) is 7.69. The Morgan fingerprint density at radius 3 is 2.75 bits per heavy atom. The van der Waals surface area contributed by atoms with Crippen LogP contribution in [0.5, 0.6) is 0 Å². The molecule has 1 N–H and O–H groups in total. The van der Waals surface area contributed by atoms with Crippen molar-refractivity contribution in [3.63, 3.8) is 0 Å². The third-order valence-corrected chi connectivity index (χ3v) is 3.97. The third kappa shape index (κ3) is 2.53. The molecule has 2 rings (SSSR count). The molecule has 5 nitrogen and oxygen atoms in total. The van der Waals surface area contributed by atoms with Gasteiger partial charge in [0, 0.05) is 7.05 Å². The zero-order valence-corrected chi connectivity index (χ0v) is 10.9. The van der Waals surface area contributed by atoms with Crippen molar-refractivity contribution in [3.05, 3.63) is 16.5 Å². The molecular weight excluding hydrogens is 244 g/mol. The largest absolute Gasteiger partial charge is 0.437 e. The second kappa shape index (κ2) is 4.84. The summed E-state index contributed by atoms with van der Waals surface area (Å²) in [5.41, 5.74) is 0.940. The van der Waals surface area contributed by atoms with Crippen molar-refractivity contribution in [1.29, 1.82) is 0 Å². The van der Waals surface area contributed by atoms with Crippen molar-refractivity contribution in [3.8, 4) is 0 Å². The van der Waals surface area contributed by atoms with Gasteiger partial charge in [0.25, 0.3) is 5.22 Å². The molecule has 0 saturated carbocycles. The normalized spacial score (nSPS) is 10.7. The topological polar surface area (TPSA) is 63.8 Å². The van der Waals surface area contributed by atoms with Crippen LogP contribution in [0.2, 0.25) is 0 Å². The Morgan fingerprint density at radius 1 is 1.38 bits per heavy atom. The molecular formula is C9H12N4OS2. The monoisotopic (exact) mass is 256 g/mol. The van der Waals surface area contributed by atoms with E-state index < -0.39 is 0 Å². The zero-order chi connectivity index (χ0) is 11.5. The van der Waals surface area contributed by atoms with Gasteiger partial charge in [-0.05, 0) is 13.8 Å². The van der Waals surface area contributed by atoms with Gasteiger partial charge in [-0.15, -0.1) is 10.2 Å². The summed E-state index contributed by atoms with van der Waals surface area (Å²) in [6.07, 6.45) is 0. The molecule has 0 aliphatic heterocycles. The van der Waals surface area contributed by atoms with Crippen LogP contribution in [0.3, 0.4) is 0 Å². The van der Waals surface area contributed by atoms with Gasteiger partial charge in [0.15, 0.2) is 0 Å². The van der Waals surface area contributed by atoms with Crippen molar-refractivity contribution in [1.82, 2.24) is 15.2 Å². The van der Waals surface area contributed by atoms with Gasteiger partial charge < -0.3 is 9.73 Å². The van der Waals surface area contributed by atoms with E-state index in [1.807, 2.05) is 20.9 Å². The Bertz CT molecular complexity index is 460. The van der Waals surface area contributed by atoms with Crippen LogP contribution in [-0.2, 0) is 5.75 Å². The molecule has 0 aliphatic rings. The smallest absolute Gasteiger partial charge is 0.256 e. The lowest BCUT2D eigenvalue weighted by Crippen LogP contribution is -1.84. The summed E-state index contributed by atoms with van der Waals surface area (Å²) in [6.45, 7) is 3.85. The molecule has 0 bridgehead atoms. The number of nitrogens with one attached hydrogen (secondary N) is 1. The number of hydrogen-bond donors (Lipinski definition) is 1. The molecule has 2 heterocycles. The van der Waals surface area contributed by atoms with Gasteiger partial charge in [-0.1, -0.05) is 23.1 Å². The molecule has 0 amide bonds. The molecule has 0 spiro atoms. The number of oxazole rings is 1. The Balaban J connectivity index is 1.96. The number of aryl methyl sites for hydroxylation is 2. The Kier molecular flexibility index (Phi) is 3.45. The summed E-state index contributed by atoms with van der Waals surface area (Å²) in [4.78, 5) is 4.29. The highest BCUT2D eigenvalue weighted by atomic mass is 32.2. The van der Waals surface area contributed by atoms with Gasteiger partial charge in [-0.25, -0.2) is 4.98 Å². The number of aromatic nitrogens is 3. The fraction of sp³-hybridized carbons (Fsp3) is 0.444. The Hall–Kier alpha value is -1.08. The summed E-state index contributed by atoms with van der Waals surface area (Å²) < 4.78 is 5.46. The maximum atomic E-state index is 5.46. The molecule has 0 fully saturated rings. The first-order valence-corrected chi connectivity index (χ1v) is 6.56. The van der Waals surface area contributed by atoms with E-state index in [4.69, 9.17) is 4.42 Å². The lowest BCUT2D eigenvalue weighted by Gasteiger charge is -1.90. The van der Waals surface area contributed by atoms with Crippen LogP contribution in [0.4, 0.5) is 5.13 Å². The average molecular weight is 256 g/mol. The Morgan fingerprint density at radius 2 is 2.19 bits per heavy atom. The third-order valence-electron chi connectivity index (χ3n) is 2.01. The summed E-state index contributed by atoms with van der Waals surface area (Å²) in [5.74, 6) is 1.61. The molecule has 2 aromatic rings. The predicted molar refractivity (Wildman–Crippen MR) is 65.0 cm³/mol. The molecule has 0 radical (unpaired) electrons. The van der Waals surface area contributed by atoms with Crippen LogP contribution in [0.25, 0.3) is 0 Å².